The molecule has 0 radical (unpaired) electrons. The van der Waals surface area contributed by atoms with Gasteiger partial charge in [0.15, 0.2) is 5.78 Å². The van der Waals surface area contributed by atoms with Gasteiger partial charge in [-0.3, -0.25) is 33.6 Å². The Morgan fingerprint density at radius 2 is 0.900 bits per heavy atom. The number of ether oxygens (including phenoxy) is 4. The Labute approximate surface area is 356 Å². The summed E-state index contributed by atoms with van der Waals surface area (Å²) in [7, 11) is 0. The molecular formula is C42H77N5O13. The van der Waals surface area contributed by atoms with E-state index in [4.69, 9.17) is 34.9 Å². The number of nitrogens with one attached hydrogen (secondary N) is 4. The van der Waals surface area contributed by atoms with Crippen molar-refractivity contribution in [2.24, 2.45) is 5.73 Å². The average Bonchev–Trinajstić information content (AvgIpc) is 3.20. The van der Waals surface area contributed by atoms with Crippen molar-refractivity contribution in [2.45, 2.75) is 154 Å². The molecule has 0 aromatic heterocycles. The summed E-state index contributed by atoms with van der Waals surface area (Å²) in [6, 6.07) is -1.59. The van der Waals surface area contributed by atoms with Crippen LogP contribution in [0.4, 0.5) is 0 Å². The lowest BCUT2D eigenvalue weighted by Crippen LogP contribution is -2.40. The summed E-state index contributed by atoms with van der Waals surface area (Å²) in [5, 5.41) is 28.2. The second-order valence-corrected chi connectivity index (χ2v) is 14.9. The number of carbonyl (C=O) groups is 7. The van der Waals surface area contributed by atoms with Crippen molar-refractivity contribution >= 4 is 41.4 Å². The molecule has 60 heavy (non-hydrogen) atoms. The van der Waals surface area contributed by atoms with Crippen LogP contribution >= 0.6 is 0 Å². The molecule has 0 aliphatic rings. The zero-order valence-corrected chi connectivity index (χ0v) is 36.2. The van der Waals surface area contributed by atoms with Gasteiger partial charge in [-0.1, -0.05) is 77.0 Å². The second kappa shape index (κ2) is 40.7. The molecule has 18 nitrogen and oxygen atoms in total. The smallest absolute Gasteiger partial charge is 0.320 e. The summed E-state index contributed by atoms with van der Waals surface area (Å²) in [5.74, 6) is -2.96. The molecule has 18 heteroatoms. The molecule has 0 saturated heterocycles. The van der Waals surface area contributed by atoms with Crippen LogP contribution in [0.3, 0.4) is 0 Å². The first kappa shape index (κ1) is 56.3. The summed E-state index contributed by atoms with van der Waals surface area (Å²) in [6.07, 6.45) is 17.9. The number of amides is 4. The highest BCUT2D eigenvalue weighted by molar-refractivity contribution is 5.88. The van der Waals surface area contributed by atoms with Crippen molar-refractivity contribution in [1.29, 1.82) is 0 Å². The van der Waals surface area contributed by atoms with E-state index in [0.29, 0.717) is 32.2 Å². The van der Waals surface area contributed by atoms with Crippen molar-refractivity contribution < 1.29 is 62.7 Å². The van der Waals surface area contributed by atoms with Gasteiger partial charge < -0.3 is 56.2 Å². The SMILES string of the molecule is CC(=O)[C@H](CCC(=O)NCCOCCOCC(=O)NCCOCCOCC(=O)NCCCC[C@H](N)C(=O)O)NC(=O)CCCCCCCCCCCCCCCCC(=O)O. The Morgan fingerprint density at radius 3 is 1.37 bits per heavy atom. The van der Waals surface area contributed by atoms with E-state index in [1.165, 1.54) is 51.9 Å². The highest BCUT2D eigenvalue weighted by atomic mass is 16.5. The molecule has 0 saturated carbocycles. The predicted molar refractivity (Wildman–Crippen MR) is 225 cm³/mol. The Bertz CT molecular complexity index is 1180. The van der Waals surface area contributed by atoms with Gasteiger partial charge in [-0.25, -0.2) is 0 Å². The molecule has 4 amide bonds. The third-order valence-corrected chi connectivity index (χ3v) is 9.46. The Morgan fingerprint density at radius 1 is 0.467 bits per heavy atom. The molecule has 0 rings (SSSR count). The van der Waals surface area contributed by atoms with E-state index in [1.54, 1.807) is 0 Å². The van der Waals surface area contributed by atoms with Crippen molar-refractivity contribution in [3.8, 4) is 0 Å². The van der Waals surface area contributed by atoms with Gasteiger partial charge in [0, 0.05) is 38.9 Å². The number of carboxylic acid groups (broad SMARTS) is 2. The monoisotopic (exact) mass is 860 g/mol. The highest BCUT2D eigenvalue weighted by Gasteiger charge is 2.18. The Balaban J connectivity index is 3.65. The van der Waals surface area contributed by atoms with Crippen LogP contribution < -0.4 is 27.0 Å². The molecule has 0 aromatic rings. The van der Waals surface area contributed by atoms with Crippen LogP contribution in [0.25, 0.3) is 0 Å². The maximum absolute atomic E-state index is 12.4. The van der Waals surface area contributed by atoms with Crippen molar-refractivity contribution in [1.82, 2.24) is 21.3 Å². The number of rotatable bonds is 44. The number of unbranched alkanes of at least 4 members (excludes halogenated alkanes) is 14. The van der Waals surface area contributed by atoms with Crippen LogP contribution in [0.5, 0.6) is 0 Å². The van der Waals surface area contributed by atoms with E-state index in [2.05, 4.69) is 21.3 Å². The zero-order valence-electron chi connectivity index (χ0n) is 36.2. The van der Waals surface area contributed by atoms with Crippen LogP contribution in [0.2, 0.25) is 0 Å². The highest BCUT2D eigenvalue weighted by Crippen LogP contribution is 2.14. The summed E-state index contributed by atoms with van der Waals surface area (Å²) in [4.78, 5) is 81.6. The second-order valence-electron chi connectivity index (χ2n) is 14.9. The predicted octanol–water partition coefficient (Wildman–Crippen LogP) is 3.16. The van der Waals surface area contributed by atoms with Crippen LogP contribution in [0, 0.1) is 0 Å². The van der Waals surface area contributed by atoms with Crippen LogP contribution in [-0.4, -0.2) is 136 Å². The van der Waals surface area contributed by atoms with Gasteiger partial charge in [0.2, 0.25) is 23.6 Å². The number of ketones is 1. The number of hydrogen-bond donors (Lipinski definition) is 7. The molecule has 0 spiro atoms. The zero-order chi connectivity index (χ0) is 44.5. The van der Waals surface area contributed by atoms with Crippen LogP contribution in [-0.2, 0) is 52.5 Å². The summed E-state index contributed by atoms with van der Waals surface area (Å²) < 4.78 is 21.3. The summed E-state index contributed by atoms with van der Waals surface area (Å²) in [6.45, 7) is 3.44. The topological polar surface area (TPSA) is 271 Å². The van der Waals surface area contributed by atoms with Gasteiger partial charge in [0.1, 0.15) is 19.3 Å². The molecular weight excluding hydrogens is 782 g/mol. The quantitative estimate of drug-likeness (QED) is 0.0434. The number of aliphatic carboxylic acids is 2. The summed E-state index contributed by atoms with van der Waals surface area (Å²) >= 11 is 0. The molecule has 2 atom stereocenters. The number of nitrogens with two attached hydrogens (primary N) is 1. The molecule has 0 aromatic carbocycles. The normalized spacial score (nSPS) is 12.0. The molecule has 0 aliphatic heterocycles. The number of carbonyl (C=O) groups excluding carboxylic acids is 5. The Kier molecular flexibility index (Phi) is 38.2. The minimum atomic E-state index is -1.04. The van der Waals surface area contributed by atoms with Crippen molar-refractivity contribution in [3.05, 3.63) is 0 Å². The number of Topliss-reactive ketones (excluding diaryl/α,β-unsaturated/α-hetero) is 1. The van der Waals surface area contributed by atoms with Gasteiger partial charge in [0.25, 0.3) is 0 Å². The standard InChI is InChI=1S/C42H77N5O13/c1-34(48)36(47-38(50)19-14-12-10-8-6-4-2-3-5-7-9-11-13-15-20-41(53)54)21-22-37(49)45-24-26-57-28-31-60-33-40(52)46-25-27-58-29-30-59-32-39(51)44-23-17-16-18-35(43)42(55)56/h35-36H,2-33,43H2,1H3,(H,44,51)(H,45,49)(H,46,52)(H,47,50)(H,53,54)(H,55,56)/t35-,36-/m0/s1. The Hall–Kier alpha value is -3.71. The third-order valence-electron chi connectivity index (χ3n) is 9.46. The summed E-state index contributed by atoms with van der Waals surface area (Å²) in [5.41, 5.74) is 5.42. The number of hydrogen-bond acceptors (Lipinski definition) is 12. The first-order valence-electron chi connectivity index (χ1n) is 22.0. The largest absolute Gasteiger partial charge is 0.481 e. The minimum absolute atomic E-state index is 0.0899. The molecule has 0 heterocycles. The van der Waals surface area contributed by atoms with Gasteiger partial charge in [-0.2, -0.15) is 0 Å². The molecule has 348 valence electrons. The van der Waals surface area contributed by atoms with Crippen LogP contribution in [0.15, 0.2) is 0 Å². The minimum Gasteiger partial charge on any atom is -0.481 e. The van der Waals surface area contributed by atoms with E-state index in [-0.39, 0.29) is 115 Å². The van der Waals surface area contributed by atoms with E-state index in [1.807, 2.05) is 0 Å². The van der Waals surface area contributed by atoms with Crippen molar-refractivity contribution in [2.75, 3.05) is 72.5 Å². The maximum Gasteiger partial charge on any atom is 0.320 e. The number of carboxylic acids is 2. The molecule has 0 fully saturated rings. The van der Waals surface area contributed by atoms with Crippen LogP contribution in [0.1, 0.15) is 142 Å². The molecule has 0 unspecified atom stereocenters. The fraction of sp³-hybridized carbons (Fsp3) is 0.833. The van der Waals surface area contributed by atoms with E-state index in [9.17, 15) is 33.6 Å². The lowest BCUT2D eigenvalue weighted by Gasteiger charge is -2.16. The fourth-order valence-corrected chi connectivity index (χ4v) is 5.93. The van der Waals surface area contributed by atoms with E-state index in [0.717, 1.165) is 44.9 Å². The van der Waals surface area contributed by atoms with E-state index >= 15 is 0 Å². The molecule has 8 N–H and O–H groups in total. The first-order chi connectivity index (χ1) is 28.9. The lowest BCUT2D eigenvalue weighted by molar-refractivity contribution is -0.139. The average molecular weight is 860 g/mol. The molecule has 0 aliphatic carbocycles. The molecule has 0 bridgehead atoms. The fourth-order valence-electron chi connectivity index (χ4n) is 5.93. The third kappa shape index (κ3) is 39.7. The van der Waals surface area contributed by atoms with E-state index < -0.39 is 24.0 Å². The van der Waals surface area contributed by atoms with Gasteiger partial charge in [0.05, 0.1) is 45.7 Å². The van der Waals surface area contributed by atoms with Gasteiger partial charge in [-0.05, 0) is 45.4 Å². The van der Waals surface area contributed by atoms with Crippen molar-refractivity contribution in [3.63, 3.8) is 0 Å². The lowest BCUT2D eigenvalue weighted by atomic mass is 10.0. The van der Waals surface area contributed by atoms with Gasteiger partial charge in [-0.15, -0.1) is 0 Å². The first-order valence-corrected chi connectivity index (χ1v) is 22.0. The maximum atomic E-state index is 12.4. The van der Waals surface area contributed by atoms with Gasteiger partial charge >= 0.3 is 11.9 Å².